The highest BCUT2D eigenvalue weighted by molar-refractivity contribution is 8.24. The zero-order valence-electron chi connectivity index (χ0n) is 13.2. The molecule has 26 heavy (non-hydrogen) atoms. The zero-order chi connectivity index (χ0) is 18.7. The minimum Gasteiger partial charge on any atom is -0.422 e. The molecular weight excluding hydrogens is 370 g/mol. The molecule has 1 aliphatic heterocycles. The lowest BCUT2D eigenvalue weighted by Gasteiger charge is -2.05. The number of hydrogen-bond acceptors (Lipinski definition) is 9. The first-order valence-electron chi connectivity index (χ1n) is 7.07. The number of aryl methyl sites for hydroxylation is 1. The summed E-state index contributed by atoms with van der Waals surface area (Å²) in [5, 5.41) is 28.2. The Labute approximate surface area is 156 Å². The Morgan fingerprint density at radius 2 is 1.69 bits per heavy atom. The van der Waals surface area contributed by atoms with Crippen molar-refractivity contribution in [2.24, 2.45) is 0 Å². The first-order chi connectivity index (χ1) is 12.5. The van der Waals surface area contributed by atoms with Gasteiger partial charge in [0.2, 0.25) is 0 Å². The smallest absolute Gasteiger partial charge is 0.356 e. The second-order valence-corrected chi connectivity index (χ2v) is 7.20. The third-order valence-electron chi connectivity index (χ3n) is 3.14. The van der Waals surface area contributed by atoms with Crippen LogP contribution in [-0.2, 0) is 4.79 Å². The van der Waals surface area contributed by atoms with E-state index >= 15 is 0 Å². The van der Waals surface area contributed by atoms with Crippen molar-refractivity contribution >= 4 is 29.5 Å². The van der Waals surface area contributed by atoms with Crippen molar-refractivity contribution in [1.29, 1.82) is 15.8 Å². The van der Waals surface area contributed by atoms with Gasteiger partial charge in [-0.25, -0.2) is 14.8 Å². The average molecular weight is 377 g/mol. The van der Waals surface area contributed by atoms with Crippen LogP contribution >= 0.6 is 23.5 Å². The first-order valence-corrected chi connectivity index (χ1v) is 8.70. The molecule has 0 bridgehead atoms. The number of carbonyl (C=O) groups is 1. The molecule has 3 rings (SSSR count). The van der Waals surface area contributed by atoms with E-state index in [1.165, 1.54) is 0 Å². The van der Waals surface area contributed by atoms with Crippen molar-refractivity contribution in [2.75, 3.05) is 0 Å². The van der Waals surface area contributed by atoms with Gasteiger partial charge in [0.15, 0.2) is 17.0 Å². The van der Waals surface area contributed by atoms with E-state index in [0.717, 1.165) is 29.1 Å². The van der Waals surface area contributed by atoms with Crippen LogP contribution in [0.3, 0.4) is 0 Å². The van der Waals surface area contributed by atoms with Crippen LogP contribution in [-0.4, -0.2) is 15.9 Å². The quantitative estimate of drug-likeness (QED) is 0.336. The van der Waals surface area contributed by atoms with Crippen LogP contribution in [0.5, 0.6) is 5.75 Å². The number of ether oxygens (including phenoxy) is 1. The van der Waals surface area contributed by atoms with Gasteiger partial charge >= 0.3 is 5.97 Å². The SMILES string of the molecule is Cc1cccc(OC(=O)C(C#N)=C2Sc3nc(C#N)c(C#N)nc3S2)c1. The summed E-state index contributed by atoms with van der Waals surface area (Å²) < 4.78 is 5.60. The van der Waals surface area contributed by atoms with Crippen molar-refractivity contribution in [3.8, 4) is 24.0 Å². The molecule has 1 aliphatic rings. The highest BCUT2D eigenvalue weighted by Gasteiger charge is 2.29. The lowest BCUT2D eigenvalue weighted by Crippen LogP contribution is -2.11. The topological polar surface area (TPSA) is 123 Å². The summed E-state index contributed by atoms with van der Waals surface area (Å²) >= 11 is 2.09. The van der Waals surface area contributed by atoms with E-state index in [4.69, 9.17) is 15.3 Å². The number of hydrogen-bond donors (Lipinski definition) is 0. The fourth-order valence-corrected chi connectivity index (χ4v) is 4.25. The van der Waals surface area contributed by atoms with E-state index < -0.39 is 5.97 Å². The normalized spacial score (nSPS) is 11.7. The standard InChI is InChI=1S/C17H7N5O2S2/c1-9-3-2-4-10(5-9)24-16(23)11(6-18)17-25-14-15(26-17)22-13(8-20)12(7-19)21-14/h2-5H,1H3. The molecular formula is C17H7N5O2S2. The monoisotopic (exact) mass is 377 g/mol. The lowest BCUT2D eigenvalue weighted by molar-refractivity contribution is -0.129. The van der Waals surface area contributed by atoms with E-state index in [9.17, 15) is 10.1 Å². The number of rotatable bonds is 2. The Balaban J connectivity index is 1.91. The number of benzene rings is 1. The molecule has 124 valence electrons. The van der Waals surface area contributed by atoms with E-state index in [2.05, 4.69) is 9.97 Å². The van der Waals surface area contributed by atoms with Gasteiger partial charge in [-0.2, -0.15) is 15.8 Å². The summed E-state index contributed by atoms with van der Waals surface area (Å²) in [5.41, 5.74) is 0.543. The zero-order valence-corrected chi connectivity index (χ0v) is 14.8. The Hall–Kier alpha value is -3.32. The number of thioether (sulfide) groups is 2. The predicted octanol–water partition coefficient (Wildman–Crippen LogP) is 3.07. The fraction of sp³-hybridized carbons (Fsp3) is 0.0588. The molecule has 0 saturated carbocycles. The maximum absolute atomic E-state index is 12.4. The fourth-order valence-electron chi connectivity index (χ4n) is 2.00. The van der Waals surface area contributed by atoms with Crippen LogP contribution in [0.2, 0.25) is 0 Å². The average Bonchev–Trinajstić information content (AvgIpc) is 3.03. The van der Waals surface area contributed by atoms with Crippen molar-refractivity contribution in [3.05, 3.63) is 51.0 Å². The van der Waals surface area contributed by atoms with E-state index in [1.54, 1.807) is 30.3 Å². The summed E-state index contributed by atoms with van der Waals surface area (Å²) in [5.74, 6) is -0.453. The molecule has 0 atom stereocenters. The summed E-state index contributed by atoms with van der Waals surface area (Å²) in [6.45, 7) is 1.86. The van der Waals surface area contributed by atoms with Gasteiger partial charge < -0.3 is 4.74 Å². The predicted molar refractivity (Wildman–Crippen MR) is 92.6 cm³/mol. The molecule has 2 heterocycles. The van der Waals surface area contributed by atoms with Crippen molar-refractivity contribution in [1.82, 2.24) is 9.97 Å². The molecule has 7 nitrogen and oxygen atoms in total. The van der Waals surface area contributed by atoms with Gasteiger partial charge in [-0.05, 0) is 24.6 Å². The number of fused-ring (bicyclic) bond motifs is 1. The minimum absolute atomic E-state index is 0.0959. The van der Waals surface area contributed by atoms with Gasteiger partial charge in [0.1, 0.15) is 34.0 Å². The number of nitriles is 3. The summed E-state index contributed by atoms with van der Waals surface area (Å²) in [4.78, 5) is 20.5. The second kappa shape index (κ2) is 7.28. The molecule has 0 saturated heterocycles. The molecule has 0 fully saturated rings. The number of nitrogens with zero attached hydrogens (tertiary/aromatic N) is 5. The van der Waals surface area contributed by atoms with Gasteiger partial charge in [0.05, 0.1) is 4.24 Å². The third kappa shape index (κ3) is 3.38. The number of esters is 1. The van der Waals surface area contributed by atoms with Gasteiger partial charge in [-0.1, -0.05) is 35.7 Å². The summed E-state index contributed by atoms with van der Waals surface area (Å²) in [6, 6.07) is 12.4. The van der Waals surface area contributed by atoms with Crippen molar-refractivity contribution in [2.45, 2.75) is 17.0 Å². The highest BCUT2D eigenvalue weighted by Crippen LogP contribution is 2.50. The van der Waals surface area contributed by atoms with Crippen LogP contribution in [0, 0.1) is 40.9 Å². The Morgan fingerprint density at radius 1 is 1.08 bits per heavy atom. The molecule has 0 radical (unpaired) electrons. The molecule has 2 aromatic rings. The highest BCUT2D eigenvalue weighted by atomic mass is 32.2. The lowest BCUT2D eigenvalue weighted by atomic mass is 10.2. The van der Waals surface area contributed by atoms with Gasteiger partial charge in [0.25, 0.3) is 0 Å². The molecule has 1 aromatic heterocycles. The Kier molecular flexibility index (Phi) is 4.90. The maximum Gasteiger partial charge on any atom is 0.356 e. The number of aromatic nitrogens is 2. The molecule has 0 spiro atoms. The molecule has 0 amide bonds. The van der Waals surface area contributed by atoms with Crippen LogP contribution in [0.15, 0.2) is 44.1 Å². The van der Waals surface area contributed by atoms with Crippen LogP contribution in [0.1, 0.15) is 17.0 Å². The van der Waals surface area contributed by atoms with Gasteiger partial charge in [0, 0.05) is 0 Å². The number of carbonyl (C=O) groups excluding carboxylic acids is 1. The maximum atomic E-state index is 12.4. The molecule has 0 unspecified atom stereocenters. The Bertz CT molecular complexity index is 1040. The van der Waals surface area contributed by atoms with E-state index in [0.29, 0.717) is 20.0 Å². The van der Waals surface area contributed by atoms with Gasteiger partial charge in [-0.15, -0.1) is 0 Å². The van der Waals surface area contributed by atoms with Crippen molar-refractivity contribution in [3.63, 3.8) is 0 Å². The first kappa shape index (κ1) is 17.5. The van der Waals surface area contributed by atoms with E-state index in [1.807, 2.05) is 19.1 Å². The van der Waals surface area contributed by atoms with Crippen LogP contribution in [0.25, 0.3) is 0 Å². The van der Waals surface area contributed by atoms with Gasteiger partial charge in [-0.3, -0.25) is 0 Å². The van der Waals surface area contributed by atoms with E-state index in [-0.39, 0.29) is 17.0 Å². The van der Waals surface area contributed by atoms with Crippen LogP contribution < -0.4 is 4.74 Å². The molecule has 9 heteroatoms. The Morgan fingerprint density at radius 3 is 2.19 bits per heavy atom. The van der Waals surface area contributed by atoms with Crippen molar-refractivity contribution < 1.29 is 9.53 Å². The summed E-state index contributed by atoms with van der Waals surface area (Å²) in [6.07, 6.45) is 0. The third-order valence-corrected chi connectivity index (χ3v) is 5.51. The van der Waals surface area contributed by atoms with Crippen LogP contribution in [0.4, 0.5) is 0 Å². The minimum atomic E-state index is -0.790. The largest absolute Gasteiger partial charge is 0.422 e. The summed E-state index contributed by atoms with van der Waals surface area (Å²) in [7, 11) is 0. The molecule has 0 N–H and O–H groups in total. The molecule has 0 aliphatic carbocycles. The second-order valence-electron chi connectivity index (χ2n) is 4.94. The molecule has 1 aromatic carbocycles.